The molecule has 1 amide bonds. The zero-order chi connectivity index (χ0) is 9.68. The van der Waals surface area contributed by atoms with E-state index in [1.807, 2.05) is 6.92 Å². The fourth-order valence-corrected chi connectivity index (χ4v) is 1.72. The molecule has 3 nitrogen and oxygen atoms in total. The zero-order valence-electron chi connectivity index (χ0n) is 8.08. The summed E-state index contributed by atoms with van der Waals surface area (Å²) < 4.78 is 0. The number of carbonyl (C=O) groups is 2. The maximum Gasteiger partial charge on any atom is 0.223 e. The Labute approximate surface area is 78.9 Å². The average molecular weight is 183 g/mol. The Morgan fingerprint density at radius 3 is 2.62 bits per heavy atom. The Hall–Kier alpha value is -0.860. The van der Waals surface area contributed by atoms with Crippen LogP contribution < -0.4 is 5.32 Å². The lowest BCUT2D eigenvalue weighted by Crippen LogP contribution is -2.38. The molecule has 0 spiro atoms. The number of hydrogen-bond donors (Lipinski definition) is 1. The van der Waals surface area contributed by atoms with Crippen LogP contribution in [-0.4, -0.2) is 18.2 Å². The highest BCUT2D eigenvalue weighted by Gasteiger charge is 2.23. The van der Waals surface area contributed by atoms with Crippen LogP contribution in [-0.2, 0) is 9.59 Å². The van der Waals surface area contributed by atoms with Gasteiger partial charge in [-0.2, -0.15) is 0 Å². The molecule has 1 aliphatic carbocycles. The molecule has 74 valence electrons. The van der Waals surface area contributed by atoms with Crippen molar-refractivity contribution < 1.29 is 9.59 Å². The van der Waals surface area contributed by atoms with E-state index in [1.54, 1.807) is 0 Å². The highest BCUT2D eigenvalue weighted by atomic mass is 16.2. The fourth-order valence-electron chi connectivity index (χ4n) is 1.72. The Bertz CT molecular complexity index is 185. The first-order valence-corrected chi connectivity index (χ1v) is 5.03. The van der Waals surface area contributed by atoms with Crippen molar-refractivity contribution in [2.24, 2.45) is 5.92 Å². The quantitative estimate of drug-likeness (QED) is 0.667. The van der Waals surface area contributed by atoms with Crippen molar-refractivity contribution in [1.82, 2.24) is 5.32 Å². The summed E-state index contributed by atoms with van der Waals surface area (Å²) in [6, 6.07) is -0.284. The monoisotopic (exact) mass is 183 g/mol. The molecule has 1 rings (SSSR count). The molecule has 0 aromatic heterocycles. The highest BCUT2D eigenvalue weighted by molar-refractivity contribution is 5.81. The standard InChI is InChI=1S/C10H17NO2/c1-2-9(7-12)11-10(13)8-5-3-4-6-8/h7-9H,2-6H2,1H3,(H,11,13)/t9-/m0/s1. The summed E-state index contributed by atoms with van der Waals surface area (Å²) in [7, 11) is 0. The van der Waals surface area contributed by atoms with E-state index in [1.165, 1.54) is 0 Å². The molecule has 1 atom stereocenters. The van der Waals surface area contributed by atoms with Crippen LogP contribution in [0, 0.1) is 5.92 Å². The third-order valence-electron chi connectivity index (χ3n) is 2.66. The van der Waals surface area contributed by atoms with Gasteiger partial charge in [0, 0.05) is 5.92 Å². The number of nitrogens with one attached hydrogen (secondary N) is 1. The van der Waals surface area contributed by atoms with E-state index in [9.17, 15) is 9.59 Å². The first-order valence-electron chi connectivity index (χ1n) is 5.03. The Morgan fingerprint density at radius 2 is 2.15 bits per heavy atom. The van der Waals surface area contributed by atoms with Crippen LogP contribution in [0.4, 0.5) is 0 Å². The van der Waals surface area contributed by atoms with Gasteiger partial charge in [-0.3, -0.25) is 4.79 Å². The minimum Gasteiger partial charge on any atom is -0.346 e. The summed E-state index contributed by atoms with van der Waals surface area (Å²) in [5.74, 6) is 0.227. The Balaban J connectivity index is 2.34. The summed E-state index contributed by atoms with van der Waals surface area (Å²) >= 11 is 0. The van der Waals surface area contributed by atoms with Gasteiger partial charge in [0.05, 0.1) is 6.04 Å². The summed E-state index contributed by atoms with van der Waals surface area (Å²) in [6.45, 7) is 1.90. The molecule has 3 heteroatoms. The molecule has 0 unspecified atom stereocenters. The first kappa shape index (κ1) is 10.2. The fraction of sp³-hybridized carbons (Fsp3) is 0.800. The molecular formula is C10H17NO2. The van der Waals surface area contributed by atoms with Crippen molar-refractivity contribution >= 4 is 12.2 Å². The van der Waals surface area contributed by atoms with Gasteiger partial charge in [0.15, 0.2) is 0 Å². The number of amides is 1. The molecule has 0 aliphatic heterocycles. The second-order valence-corrected chi connectivity index (χ2v) is 3.64. The molecule has 1 aliphatic rings. The average Bonchev–Trinajstić information content (AvgIpc) is 2.66. The van der Waals surface area contributed by atoms with E-state index in [-0.39, 0.29) is 17.9 Å². The third-order valence-corrected chi connectivity index (χ3v) is 2.66. The van der Waals surface area contributed by atoms with Crippen LogP contribution in [0.3, 0.4) is 0 Å². The maximum atomic E-state index is 11.5. The van der Waals surface area contributed by atoms with Crippen LogP contribution >= 0.6 is 0 Å². The van der Waals surface area contributed by atoms with Gasteiger partial charge in [0.1, 0.15) is 6.29 Å². The van der Waals surface area contributed by atoms with Crippen molar-refractivity contribution in [3.8, 4) is 0 Å². The normalized spacial score (nSPS) is 19.8. The molecule has 1 fully saturated rings. The summed E-state index contributed by atoms with van der Waals surface area (Å²) in [4.78, 5) is 22.0. The van der Waals surface area contributed by atoms with E-state index in [0.29, 0.717) is 6.42 Å². The predicted octanol–water partition coefficient (Wildman–Crippen LogP) is 1.27. The van der Waals surface area contributed by atoms with Crippen molar-refractivity contribution in [3.63, 3.8) is 0 Å². The van der Waals surface area contributed by atoms with Gasteiger partial charge in [-0.1, -0.05) is 19.8 Å². The van der Waals surface area contributed by atoms with Gasteiger partial charge in [0.25, 0.3) is 0 Å². The molecule has 0 bridgehead atoms. The van der Waals surface area contributed by atoms with E-state index < -0.39 is 0 Å². The maximum absolute atomic E-state index is 11.5. The van der Waals surface area contributed by atoms with Crippen LogP contribution in [0.25, 0.3) is 0 Å². The second kappa shape index (κ2) is 5.00. The van der Waals surface area contributed by atoms with Crippen LogP contribution in [0.5, 0.6) is 0 Å². The van der Waals surface area contributed by atoms with Crippen molar-refractivity contribution in [2.75, 3.05) is 0 Å². The minimum absolute atomic E-state index is 0.0662. The Morgan fingerprint density at radius 1 is 1.54 bits per heavy atom. The SMILES string of the molecule is CC[C@@H](C=O)NC(=O)C1CCCC1. The predicted molar refractivity (Wildman–Crippen MR) is 50.2 cm³/mol. The lowest BCUT2D eigenvalue weighted by Gasteiger charge is -2.13. The van der Waals surface area contributed by atoms with Crippen molar-refractivity contribution in [1.29, 1.82) is 0 Å². The molecule has 0 radical (unpaired) electrons. The lowest BCUT2D eigenvalue weighted by molar-refractivity contribution is -0.127. The van der Waals surface area contributed by atoms with Gasteiger partial charge < -0.3 is 10.1 Å². The molecule has 1 N–H and O–H groups in total. The van der Waals surface area contributed by atoms with Gasteiger partial charge in [-0.05, 0) is 19.3 Å². The van der Waals surface area contributed by atoms with Crippen molar-refractivity contribution in [2.45, 2.75) is 45.1 Å². The van der Waals surface area contributed by atoms with Crippen LogP contribution in [0.2, 0.25) is 0 Å². The van der Waals surface area contributed by atoms with Crippen LogP contribution in [0.15, 0.2) is 0 Å². The van der Waals surface area contributed by atoms with E-state index in [4.69, 9.17) is 0 Å². The zero-order valence-corrected chi connectivity index (χ0v) is 8.08. The molecule has 0 saturated heterocycles. The number of aldehydes is 1. The van der Waals surface area contributed by atoms with Gasteiger partial charge in [-0.15, -0.1) is 0 Å². The number of hydrogen-bond acceptors (Lipinski definition) is 2. The molecular weight excluding hydrogens is 166 g/mol. The van der Waals surface area contributed by atoms with Gasteiger partial charge in [0.2, 0.25) is 5.91 Å². The van der Waals surface area contributed by atoms with Crippen LogP contribution in [0.1, 0.15) is 39.0 Å². The summed E-state index contributed by atoms with van der Waals surface area (Å²) in [5.41, 5.74) is 0. The molecule has 13 heavy (non-hydrogen) atoms. The molecule has 0 aromatic rings. The van der Waals surface area contributed by atoms with Gasteiger partial charge >= 0.3 is 0 Å². The summed E-state index contributed by atoms with van der Waals surface area (Å²) in [6.07, 6.45) is 5.77. The first-order chi connectivity index (χ1) is 6.27. The summed E-state index contributed by atoms with van der Waals surface area (Å²) in [5, 5.41) is 2.75. The van der Waals surface area contributed by atoms with Crippen molar-refractivity contribution in [3.05, 3.63) is 0 Å². The minimum atomic E-state index is -0.284. The molecule has 0 heterocycles. The lowest BCUT2D eigenvalue weighted by atomic mass is 10.1. The number of rotatable bonds is 4. The van der Waals surface area contributed by atoms with Gasteiger partial charge in [-0.25, -0.2) is 0 Å². The van der Waals surface area contributed by atoms with E-state index >= 15 is 0 Å². The molecule has 1 saturated carbocycles. The topological polar surface area (TPSA) is 46.2 Å². The third kappa shape index (κ3) is 2.83. The van der Waals surface area contributed by atoms with E-state index in [0.717, 1.165) is 32.0 Å². The number of carbonyl (C=O) groups excluding carboxylic acids is 2. The van der Waals surface area contributed by atoms with E-state index in [2.05, 4.69) is 5.32 Å². The smallest absolute Gasteiger partial charge is 0.223 e. The molecule has 0 aromatic carbocycles. The highest BCUT2D eigenvalue weighted by Crippen LogP contribution is 2.24. The Kier molecular flexibility index (Phi) is 3.93. The second-order valence-electron chi connectivity index (χ2n) is 3.64. The largest absolute Gasteiger partial charge is 0.346 e.